The third-order valence-electron chi connectivity index (χ3n) is 3.03. The Kier molecular flexibility index (Phi) is 5.77. The van der Waals surface area contributed by atoms with Crippen molar-refractivity contribution >= 4 is 18.0 Å². The van der Waals surface area contributed by atoms with E-state index >= 15 is 0 Å². The van der Waals surface area contributed by atoms with Gasteiger partial charge in [0.05, 0.1) is 7.11 Å². The van der Waals surface area contributed by atoms with Crippen LogP contribution in [0.3, 0.4) is 0 Å². The van der Waals surface area contributed by atoms with Gasteiger partial charge < -0.3 is 14.7 Å². The van der Waals surface area contributed by atoms with Gasteiger partial charge in [0.2, 0.25) is 5.91 Å². The average Bonchev–Trinajstić information content (AvgIpc) is 2.45. The number of hydrogen-bond donors (Lipinski definition) is 1. The van der Waals surface area contributed by atoms with Crippen LogP contribution in [0.1, 0.15) is 18.9 Å². The Balaban J connectivity index is 2.84. The second-order valence-corrected chi connectivity index (χ2v) is 4.29. The topological polar surface area (TPSA) is 66.8 Å². The van der Waals surface area contributed by atoms with E-state index in [1.165, 1.54) is 18.0 Å². The third kappa shape index (κ3) is 3.85. The van der Waals surface area contributed by atoms with Crippen LogP contribution < -0.4 is 4.74 Å². The fourth-order valence-corrected chi connectivity index (χ4v) is 1.85. The van der Waals surface area contributed by atoms with Crippen molar-refractivity contribution in [1.29, 1.82) is 0 Å². The van der Waals surface area contributed by atoms with Crippen LogP contribution in [-0.2, 0) is 9.59 Å². The largest absolute Gasteiger partial charge is 0.496 e. The SMILES string of the molecule is CCC(C(=O)O)N(C)C(=O)C=Cc1ccccc1OC. The van der Waals surface area contributed by atoms with Gasteiger partial charge in [-0.25, -0.2) is 4.79 Å². The van der Waals surface area contributed by atoms with Gasteiger partial charge in [-0.15, -0.1) is 0 Å². The third-order valence-corrected chi connectivity index (χ3v) is 3.03. The van der Waals surface area contributed by atoms with E-state index in [-0.39, 0.29) is 5.91 Å². The second kappa shape index (κ2) is 7.33. The van der Waals surface area contributed by atoms with E-state index in [0.29, 0.717) is 12.2 Å². The van der Waals surface area contributed by atoms with Crippen molar-refractivity contribution < 1.29 is 19.4 Å². The molecule has 5 nitrogen and oxygen atoms in total. The minimum Gasteiger partial charge on any atom is -0.496 e. The van der Waals surface area contributed by atoms with Crippen molar-refractivity contribution in [3.05, 3.63) is 35.9 Å². The fourth-order valence-electron chi connectivity index (χ4n) is 1.85. The Bertz CT molecular complexity index is 510. The maximum absolute atomic E-state index is 12.0. The van der Waals surface area contributed by atoms with Crippen LogP contribution in [0.25, 0.3) is 6.08 Å². The van der Waals surface area contributed by atoms with Crippen LogP contribution in [0.2, 0.25) is 0 Å². The van der Waals surface area contributed by atoms with Gasteiger partial charge in [-0.05, 0) is 18.6 Å². The van der Waals surface area contributed by atoms with Gasteiger partial charge in [-0.1, -0.05) is 25.1 Å². The van der Waals surface area contributed by atoms with Gasteiger partial charge in [-0.2, -0.15) is 0 Å². The van der Waals surface area contributed by atoms with E-state index in [0.717, 1.165) is 5.56 Å². The van der Waals surface area contributed by atoms with Crippen LogP contribution >= 0.6 is 0 Å². The number of carbonyl (C=O) groups is 2. The highest BCUT2D eigenvalue weighted by atomic mass is 16.5. The van der Waals surface area contributed by atoms with Gasteiger partial charge in [0.15, 0.2) is 0 Å². The summed E-state index contributed by atoms with van der Waals surface area (Å²) < 4.78 is 5.17. The first kappa shape index (κ1) is 15.8. The number of carbonyl (C=O) groups excluding carboxylic acids is 1. The van der Waals surface area contributed by atoms with E-state index in [1.54, 1.807) is 26.2 Å². The number of para-hydroxylation sites is 1. The number of ether oxygens (including phenoxy) is 1. The van der Waals surface area contributed by atoms with Crippen molar-refractivity contribution in [2.45, 2.75) is 19.4 Å². The lowest BCUT2D eigenvalue weighted by Gasteiger charge is -2.22. The van der Waals surface area contributed by atoms with E-state index in [4.69, 9.17) is 9.84 Å². The van der Waals surface area contributed by atoms with Gasteiger partial charge in [-0.3, -0.25) is 4.79 Å². The standard InChI is InChI=1S/C15H19NO4/c1-4-12(15(18)19)16(2)14(17)10-9-11-7-5-6-8-13(11)20-3/h5-10,12H,4H2,1-3H3,(H,18,19). The zero-order chi connectivity index (χ0) is 15.1. The summed E-state index contributed by atoms with van der Waals surface area (Å²) in [6.45, 7) is 1.73. The summed E-state index contributed by atoms with van der Waals surface area (Å²) in [5.41, 5.74) is 0.764. The summed E-state index contributed by atoms with van der Waals surface area (Å²) in [6.07, 6.45) is 3.33. The maximum atomic E-state index is 12.0. The highest BCUT2D eigenvalue weighted by molar-refractivity contribution is 5.94. The van der Waals surface area contributed by atoms with Gasteiger partial charge in [0.1, 0.15) is 11.8 Å². The molecule has 1 rings (SSSR count). The number of carboxylic acids is 1. The van der Waals surface area contributed by atoms with Crippen LogP contribution in [0.15, 0.2) is 30.3 Å². The Morgan fingerprint density at radius 3 is 2.60 bits per heavy atom. The summed E-state index contributed by atoms with van der Waals surface area (Å²) in [5, 5.41) is 9.02. The fraction of sp³-hybridized carbons (Fsp3) is 0.333. The number of rotatable bonds is 6. The van der Waals surface area contributed by atoms with Crippen molar-refractivity contribution in [3.63, 3.8) is 0 Å². The van der Waals surface area contributed by atoms with E-state index in [1.807, 2.05) is 18.2 Å². The molecule has 1 atom stereocenters. The minimum absolute atomic E-state index is 0.356. The van der Waals surface area contributed by atoms with Crippen molar-refractivity contribution in [3.8, 4) is 5.75 Å². The molecule has 0 spiro atoms. The molecule has 1 aromatic rings. The number of nitrogens with zero attached hydrogens (tertiary/aromatic N) is 1. The Morgan fingerprint density at radius 1 is 1.40 bits per heavy atom. The summed E-state index contributed by atoms with van der Waals surface area (Å²) in [5.74, 6) is -0.705. The number of benzene rings is 1. The minimum atomic E-state index is -1.01. The number of methoxy groups -OCH3 is 1. The first-order valence-corrected chi connectivity index (χ1v) is 6.32. The molecule has 0 aliphatic heterocycles. The van der Waals surface area contributed by atoms with Gasteiger partial charge in [0, 0.05) is 18.7 Å². The molecule has 20 heavy (non-hydrogen) atoms. The van der Waals surface area contributed by atoms with Crippen molar-refractivity contribution in [1.82, 2.24) is 4.90 Å². The van der Waals surface area contributed by atoms with Crippen LogP contribution in [0, 0.1) is 0 Å². The van der Waals surface area contributed by atoms with Crippen LogP contribution in [0.5, 0.6) is 5.75 Å². The molecule has 0 fully saturated rings. The monoisotopic (exact) mass is 277 g/mol. The lowest BCUT2D eigenvalue weighted by Crippen LogP contribution is -2.41. The molecule has 1 amide bonds. The predicted octanol–water partition coefficient (Wildman–Crippen LogP) is 2.03. The van der Waals surface area contributed by atoms with Crippen molar-refractivity contribution in [2.75, 3.05) is 14.2 Å². The zero-order valence-electron chi connectivity index (χ0n) is 11.9. The highest BCUT2D eigenvalue weighted by Gasteiger charge is 2.23. The molecule has 5 heteroatoms. The summed E-state index contributed by atoms with van der Waals surface area (Å²) in [6, 6.07) is 6.46. The molecule has 0 heterocycles. The van der Waals surface area contributed by atoms with Gasteiger partial charge in [0.25, 0.3) is 0 Å². The molecule has 1 N–H and O–H groups in total. The van der Waals surface area contributed by atoms with E-state index in [9.17, 15) is 9.59 Å². The number of hydrogen-bond acceptors (Lipinski definition) is 3. The van der Waals surface area contributed by atoms with Gasteiger partial charge >= 0.3 is 5.97 Å². The molecule has 0 saturated heterocycles. The van der Waals surface area contributed by atoms with E-state index in [2.05, 4.69) is 0 Å². The normalized spacial score (nSPS) is 12.2. The lowest BCUT2D eigenvalue weighted by molar-refractivity contribution is -0.147. The van der Waals surface area contributed by atoms with Crippen LogP contribution in [0.4, 0.5) is 0 Å². The Hall–Kier alpha value is -2.30. The quantitative estimate of drug-likeness (QED) is 0.808. The predicted molar refractivity (Wildman–Crippen MR) is 76.5 cm³/mol. The summed E-state index contributed by atoms with van der Waals surface area (Å²) in [4.78, 5) is 24.2. The summed E-state index contributed by atoms with van der Waals surface area (Å²) in [7, 11) is 3.04. The zero-order valence-corrected chi connectivity index (χ0v) is 11.9. The van der Waals surface area contributed by atoms with Crippen molar-refractivity contribution in [2.24, 2.45) is 0 Å². The molecule has 1 unspecified atom stereocenters. The maximum Gasteiger partial charge on any atom is 0.326 e. The van der Waals surface area contributed by atoms with E-state index < -0.39 is 12.0 Å². The Morgan fingerprint density at radius 2 is 2.05 bits per heavy atom. The highest BCUT2D eigenvalue weighted by Crippen LogP contribution is 2.18. The lowest BCUT2D eigenvalue weighted by atomic mass is 10.1. The molecular formula is C15H19NO4. The molecule has 0 aromatic heterocycles. The smallest absolute Gasteiger partial charge is 0.326 e. The first-order valence-electron chi connectivity index (χ1n) is 6.32. The molecule has 0 saturated carbocycles. The molecule has 0 aliphatic rings. The molecule has 0 radical (unpaired) electrons. The number of likely N-dealkylation sites (N-methyl/N-ethyl adjacent to an activating group) is 1. The number of amides is 1. The average molecular weight is 277 g/mol. The Labute approximate surface area is 118 Å². The number of aliphatic carboxylic acids is 1. The molecule has 108 valence electrons. The molecular weight excluding hydrogens is 258 g/mol. The summed E-state index contributed by atoms with van der Waals surface area (Å²) >= 11 is 0. The number of carboxylic acid groups (broad SMARTS) is 1. The second-order valence-electron chi connectivity index (χ2n) is 4.29. The molecule has 0 bridgehead atoms. The molecule has 0 aliphatic carbocycles. The molecule has 1 aromatic carbocycles. The van der Waals surface area contributed by atoms with Crippen LogP contribution in [-0.4, -0.2) is 42.1 Å². The first-order chi connectivity index (χ1) is 9.51.